The molecule has 8 nitrogen and oxygen atoms in total. The lowest BCUT2D eigenvalue weighted by molar-refractivity contribution is -0.142. The Morgan fingerprint density at radius 2 is 1.47 bits per heavy atom. The maximum absolute atomic E-state index is 13.7. The maximum Gasteiger partial charge on any atom is 0.307 e. The first-order valence-corrected chi connectivity index (χ1v) is 14.3. The van der Waals surface area contributed by atoms with Crippen molar-refractivity contribution in [2.75, 3.05) is 34.8 Å². The number of carbonyl (C=O) groups is 4. The van der Waals surface area contributed by atoms with E-state index in [1.807, 2.05) is 55.5 Å². The zero-order valence-electron chi connectivity index (χ0n) is 24.2. The molecule has 0 radical (unpaired) electrons. The number of hydrogen-bond donors (Lipinski definition) is 1. The van der Waals surface area contributed by atoms with Crippen LogP contribution >= 0.6 is 0 Å². The Bertz CT molecular complexity index is 1660. The van der Waals surface area contributed by atoms with Crippen LogP contribution in [0.3, 0.4) is 0 Å². The first kappa shape index (κ1) is 29.3. The molecule has 218 valence electrons. The van der Waals surface area contributed by atoms with Gasteiger partial charge in [0.15, 0.2) is 0 Å². The molecule has 1 N–H and O–H groups in total. The van der Waals surface area contributed by atoms with Gasteiger partial charge in [-0.2, -0.15) is 0 Å². The Morgan fingerprint density at radius 1 is 0.814 bits per heavy atom. The van der Waals surface area contributed by atoms with E-state index < -0.39 is 0 Å². The van der Waals surface area contributed by atoms with Crippen LogP contribution in [0.2, 0.25) is 0 Å². The van der Waals surface area contributed by atoms with Crippen molar-refractivity contribution in [3.05, 3.63) is 114 Å². The second kappa shape index (κ2) is 13.2. The van der Waals surface area contributed by atoms with Crippen molar-refractivity contribution in [3.8, 4) is 11.1 Å². The smallest absolute Gasteiger partial charge is 0.307 e. The molecule has 0 aromatic heterocycles. The van der Waals surface area contributed by atoms with Crippen LogP contribution in [0.5, 0.6) is 0 Å². The second-order valence-electron chi connectivity index (χ2n) is 10.2. The van der Waals surface area contributed by atoms with Gasteiger partial charge >= 0.3 is 5.97 Å². The van der Waals surface area contributed by atoms with E-state index in [-0.39, 0.29) is 56.2 Å². The lowest BCUT2D eigenvalue weighted by Crippen LogP contribution is -2.33. The number of para-hydroxylation sites is 2. The Balaban J connectivity index is 1.33. The molecule has 0 saturated heterocycles. The first-order valence-electron chi connectivity index (χ1n) is 14.3. The summed E-state index contributed by atoms with van der Waals surface area (Å²) >= 11 is 0. The van der Waals surface area contributed by atoms with Crippen LogP contribution in [-0.4, -0.2) is 43.4 Å². The predicted molar refractivity (Wildman–Crippen MR) is 167 cm³/mol. The Hall–Kier alpha value is -5.24. The summed E-state index contributed by atoms with van der Waals surface area (Å²) in [6, 6.07) is 29.3. The number of anilines is 3. The van der Waals surface area contributed by atoms with E-state index >= 15 is 0 Å². The van der Waals surface area contributed by atoms with Crippen molar-refractivity contribution in [3.63, 3.8) is 0 Å². The molecule has 0 spiro atoms. The van der Waals surface area contributed by atoms with E-state index in [1.165, 1.54) is 0 Å². The lowest BCUT2D eigenvalue weighted by Gasteiger charge is -2.25. The van der Waals surface area contributed by atoms with Crippen LogP contribution in [0.4, 0.5) is 17.1 Å². The van der Waals surface area contributed by atoms with E-state index in [0.29, 0.717) is 28.2 Å². The maximum atomic E-state index is 13.7. The summed E-state index contributed by atoms with van der Waals surface area (Å²) in [6.45, 7) is 4.38. The fraction of sp³-hybridized carbons (Fsp3) is 0.200. The minimum Gasteiger partial charge on any atom is -0.466 e. The zero-order valence-corrected chi connectivity index (χ0v) is 24.2. The van der Waals surface area contributed by atoms with E-state index in [0.717, 1.165) is 16.7 Å². The highest BCUT2D eigenvalue weighted by atomic mass is 16.5. The molecular weight excluding hydrogens is 542 g/mol. The predicted octanol–water partition coefficient (Wildman–Crippen LogP) is 6.25. The van der Waals surface area contributed by atoms with Gasteiger partial charge in [0.1, 0.15) is 0 Å². The van der Waals surface area contributed by atoms with E-state index in [2.05, 4.69) is 5.32 Å². The molecule has 4 aromatic rings. The molecule has 1 heterocycles. The molecule has 0 atom stereocenters. The number of amides is 3. The quantitative estimate of drug-likeness (QED) is 0.251. The Labute approximate surface area is 250 Å². The van der Waals surface area contributed by atoms with E-state index in [4.69, 9.17) is 4.74 Å². The van der Waals surface area contributed by atoms with Crippen molar-refractivity contribution in [2.24, 2.45) is 0 Å². The van der Waals surface area contributed by atoms with Gasteiger partial charge in [-0.3, -0.25) is 19.2 Å². The van der Waals surface area contributed by atoms with E-state index in [1.54, 1.807) is 65.3 Å². The lowest BCUT2D eigenvalue weighted by atomic mass is 9.95. The van der Waals surface area contributed by atoms with Crippen LogP contribution in [0.1, 0.15) is 46.0 Å². The van der Waals surface area contributed by atoms with Crippen LogP contribution in [0.25, 0.3) is 11.1 Å². The third-order valence-corrected chi connectivity index (χ3v) is 7.40. The molecule has 43 heavy (non-hydrogen) atoms. The zero-order chi connectivity index (χ0) is 30.3. The van der Waals surface area contributed by atoms with Gasteiger partial charge in [0, 0.05) is 36.3 Å². The van der Waals surface area contributed by atoms with Crippen LogP contribution in [-0.2, 0) is 14.3 Å². The summed E-state index contributed by atoms with van der Waals surface area (Å²) in [5, 5.41) is 2.95. The number of carbonyl (C=O) groups excluding carboxylic acids is 4. The third-order valence-electron chi connectivity index (χ3n) is 7.40. The highest BCUT2D eigenvalue weighted by molar-refractivity contribution is 6.12. The average Bonchev–Trinajstić information content (AvgIpc) is 3.16. The van der Waals surface area contributed by atoms with Crippen molar-refractivity contribution in [1.29, 1.82) is 0 Å². The minimum atomic E-state index is -0.379. The minimum absolute atomic E-state index is 0.0600. The SMILES string of the molecule is CCOC(=O)CCN1C(=O)CCN(C(=O)c2ccc(NC(=O)c3ccccc3-c3ccccc3C)cc2)c2ccccc21. The topological polar surface area (TPSA) is 96.0 Å². The van der Waals surface area contributed by atoms with Crippen molar-refractivity contribution < 1.29 is 23.9 Å². The molecule has 3 amide bonds. The fourth-order valence-corrected chi connectivity index (χ4v) is 5.25. The molecule has 8 heteroatoms. The second-order valence-corrected chi connectivity index (χ2v) is 10.2. The largest absolute Gasteiger partial charge is 0.466 e. The van der Waals surface area contributed by atoms with Gasteiger partial charge in [-0.05, 0) is 73.0 Å². The van der Waals surface area contributed by atoms with Crippen molar-refractivity contribution in [2.45, 2.75) is 26.7 Å². The van der Waals surface area contributed by atoms with Gasteiger partial charge < -0.3 is 19.9 Å². The number of benzene rings is 4. The summed E-state index contributed by atoms with van der Waals surface area (Å²) in [5.41, 5.74) is 5.59. The molecule has 0 bridgehead atoms. The molecule has 0 saturated carbocycles. The van der Waals surface area contributed by atoms with Crippen LogP contribution < -0.4 is 15.1 Å². The number of fused-ring (bicyclic) bond motifs is 1. The average molecular weight is 576 g/mol. The van der Waals surface area contributed by atoms with Gasteiger partial charge in [0.2, 0.25) is 5.91 Å². The van der Waals surface area contributed by atoms with Gasteiger partial charge in [0.05, 0.1) is 24.4 Å². The van der Waals surface area contributed by atoms with Gasteiger partial charge in [-0.15, -0.1) is 0 Å². The molecule has 0 fully saturated rings. The summed E-state index contributed by atoms with van der Waals surface area (Å²) in [4.78, 5) is 55.2. The number of rotatable bonds is 8. The molecule has 1 aliphatic heterocycles. The standard InChI is InChI=1S/C35H33N3O5/c1-3-43-33(40)21-23-37-30-14-8-9-15-31(30)38(22-20-32(37)39)35(42)25-16-18-26(19-17-25)36-34(41)29-13-7-6-12-28(29)27-11-5-4-10-24(27)2/h4-19H,3,20-23H2,1-2H3,(H,36,41). The molecule has 0 aliphatic carbocycles. The molecule has 0 unspecified atom stereocenters. The normalized spacial score (nSPS) is 12.7. The molecule has 4 aromatic carbocycles. The number of ether oxygens (including phenoxy) is 1. The van der Waals surface area contributed by atoms with Crippen LogP contribution in [0, 0.1) is 6.92 Å². The number of nitrogens with one attached hydrogen (secondary N) is 1. The summed E-state index contributed by atoms with van der Waals surface area (Å²) < 4.78 is 5.03. The summed E-state index contributed by atoms with van der Waals surface area (Å²) in [6.07, 6.45) is 0.169. The highest BCUT2D eigenvalue weighted by Gasteiger charge is 2.30. The summed E-state index contributed by atoms with van der Waals surface area (Å²) in [7, 11) is 0. The van der Waals surface area contributed by atoms with Crippen molar-refractivity contribution in [1.82, 2.24) is 0 Å². The number of aryl methyl sites for hydroxylation is 1. The number of hydrogen-bond acceptors (Lipinski definition) is 5. The Kier molecular flexibility index (Phi) is 8.96. The monoisotopic (exact) mass is 575 g/mol. The Morgan fingerprint density at radius 3 is 2.19 bits per heavy atom. The van der Waals surface area contributed by atoms with Gasteiger partial charge in [-0.1, -0.05) is 54.6 Å². The van der Waals surface area contributed by atoms with Crippen LogP contribution in [0.15, 0.2) is 97.1 Å². The van der Waals surface area contributed by atoms with Gasteiger partial charge in [-0.25, -0.2) is 0 Å². The number of nitrogens with zero attached hydrogens (tertiary/aromatic N) is 2. The highest BCUT2D eigenvalue weighted by Crippen LogP contribution is 2.34. The van der Waals surface area contributed by atoms with Gasteiger partial charge in [0.25, 0.3) is 11.8 Å². The first-order chi connectivity index (χ1) is 20.9. The molecular formula is C35H33N3O5. The van der Waals surface area contributed by atoms with Crippen molar-refractivity contribution >= 4 is 40.8 Å². The summed E-state index contributed by atoms with van der Waals surface area (Å²) in [5.74, 6) is -1.07. The number of esters is 1. The molecule has 5 rings (SSSR count). The van der Waals surface area contributed by atoms with E-state index in [9.17, 15) is 19.2 Å². The third kappa shape index (κ3) is 6.48. The molecule has 1 aliphatic rings. The fourth-order valence-electron chi connectivity index (χ4n) is 5.25.